The summed E-state index contributed by atoms with van der Waals surface area (Å²) >= 11 is 0. The van der Waals surface area contributed by atoms with Gasteiger partial charge in [-0.1, -0.05) is 0 Å². The molecule has 0 unspecified atom stereocenters. The molecule has 17 heavy (non-hydrogen) atoms. The van der Waals surface area contributed by atoms with E-state index in [0.29, 0.717) is 0 Å². The van der Waals surface area contributed by atoms with Crippen LogP contribution in [0, 0.1) is 13.8 Å². The van der Waals surface area contributed by atoms with Crippen molar-refractivity contribution < 1.29 is 0 Å². The Morgan fingerprint density at radius 3 is 2.29 bits per heavy atom. The molecule has 5 nitrogen and oxygen atoms in total. The van der Waals surface area contributed by atoms with Crippen LogP contribution in [-0.2, 0) is 13.0 Å². The number of H-pyrrole nitrogens is 2. The molecule has 0 saturated heterocycles. The Morgan fingerprint density at radius 2 is 1.71 bits per heavy atom. The van der Waals surface area contributed by atoms with E-state index in [2.05, 4.69) is 32.6 Å². The summed E-state index contributed by atoms with van der Waals surface area (Å²) in [4.78, 5) is 0. The lowest BCUT2D eigenvalue weighted by molar-refractivity contribution is 0.647. The zero-order chi connectivity index (χ0) is 12.1. The predicted octanol–water partition coefficient (Wildman–Crippen LogP) is 1.47. The van der Waals surface area contributed by atoms with Crippen LogP contribution in [0.4, 0.5) is 0 Å². The van der Waals surface area contributed by atoms with Crippen molar-refractivity contribution in [1.29, 1.82) is 0 Å². The average molecular weight is 233 g/mol. The Hall–Kier alpha value is -1.62. The smallest absolute Gasteiger partial charge is 0.0535 e. The first-order chi connectivity index (χ1) is 8.27. The molecule has 0 atom stereocenters. The summed E-state index contributed by atoms with van der Waals surface area (Å²) in [7, 11) is 0. The number of rotatable bonds is 6. The molecular formula is C12H19N5. The molecule has 0 aromatic carbocycles. The fraction of sp³-hybridized carbons (Fsp3) is 0.500. The van der Waals surface area contributed by atoms with Gasteiger partial charge < -0.3 is 5.32 Å². The van der Waals surface area contributed by atoms with Gasteiger partial charge in [-0.25, -0.2) is 0 Å². The van der Waals surface area contributed by atoms with Crippen LogP contribution < -0.4 is 5.32 Å². The summed E-state index contributed by atoms with van der Waals surface area (Å²) in [6.07, 6.45) is 5.98. The lowest BCUT2D eigenvalue weighted by atomic mass is 10.1. The minimum absolute atomic E-state index is 0.882. The highest BCUT2D eigenvalue weighted by atomic mass is 15.1. The van der Waals surface area contributed by atoms with E-state index < -0.39 is 0 Å². The van der Waals surface area contributed by atoms with Gasteiger partial charge in [0.25, 0.3) is 0 Å². The number of nitrogens with one attached hydrogen (secondary N) is 3. The number of nitrogens with zero attached hydrogens (tertiary/aromatic N) is 2. The summed E-state index contributed by atoms with van der Waals surface area (Å²) in [5.74, 6) is 0. The van der Waals surface area contributed by atoms with Crippen LogP contribution in [0.25, 0.3) is 0 Å². The molecule has 0 saturated carbocycles. The Balaban J connectivity index is 1.64. The number of aromatic nitrogens is 4. The first kappa shape index (κ1) is 11.9. The first-order valence-electron chi connectivity index (χ1n) is 5.96. The first-order valence-corrected chi connectivity index (χ1v) is 5.96. The zero-order valence-electron chi connectivity index (χ0n) is 10.4. The summed E-state index contributed by atoms with van der Waals surface area (Å²) in [5, 5.41) is 17.3. The number of aromatic amines is 2. The van der Waals surface area contributed by atoms with Crippen molar-refractivity contribution >= 4 is 0 Å². The molecule has 0 aliphatic carbocycles. The molecule has 0 amide bonds. The monoisotopic (exact) mass is 233 g/mol. The maximum Gasteiger partial charge on any atom is 0.0535 e. The van der Waals surface area contributed by atoms with E-state index in [1.807, 2.05) is 19.3 Å². The average Bonchev–Trinajstić information content (AvgIpc) is 2.89. The van der Waals surface area contributed by atoms with Gasteiger partial charge in [0, 0.05) is 23.5 Å². The van der Waals surface area contributed by atoms with Crippen LogP contribution in [0.1, 0.15) is 28.9 Å². The van der Waals surface area contributed by atoms with Crippen molar-refractivity contribution in [2.24, 2.45) is 0 Å². The van der Waals surface area contributed by atoms with E-state index in [0.717, 1.165) is 31.6 Å². The molecule has 0 aliphatic rings. The molecule has 5 heteroatoms. The van der Waals surface area contributed by atoms with E-state index in [9.17, 15) is 0 Å². The van der Waals surface area contributed by atoms with Crippen LogP contribution in [-0.4, -0.2) is 26.9 Å². The fourth-order valence-corrected chi connectivity index (χ4v) is 1.81. The van der Waals surface area contributed by atoms with Gasteiger partial charge in [0.2, 0.25) is 0 Å². The Morgan fingerprint density at radius 1 is 1.06 bits per heavy atom. The van der Waals surface area contributed by atoms with Gasteiger partial charge in [-0.15, -0.1) is 0 Å². The van der Waals surface area contributed by atoms with Crippen LogP contribution in [0.3, 0.4) is 0 Å². The lowest BCUT2D eigenvalue weighted by Gasteiger charge is -2.03. The van der Waals surface area contributed by atoms with Crippen molar-refractivity contribution in [3.05, 3.63) is 34.9 Å². The third kappa shape index (κ3) is 3.17. The van der Waals surface area contributed by atoms with E-state index in [1.165, 1.54) is 16.8 Å². The maximum atomic E-state index is 4.02. The number of hydrogen-bond donors (Lipinski definition) is 3. The van der Waals surface area contributed by atoms with Crippen molar-refractivity contribution in [3.63, 3.8) is 0 Å². The predicted molar refractivity (Wildman–Crippen MR) is 66.7 cm³/mol. The highest BCUT2D eigenvalue weighted by Crippen LogP contribution is 2.05. The molecule has 2 aromatic heterocycles. The van der Waals surface area contributed by atoms with E-state index in [1.54, 1.807) is 0 Å². The second-order valence-electron chi connectivity index (χ2n) is 4.32. The van der Waals surface area contributed by atoms with Crippen LogP contribution in [0.2, 0.25) is 0 Å². The minimum atomic E-state index is 0.882. The third-order valence-electron chi connectivity index (χ3n) is 2.98. The molecule has 3 N–H and O–H groups in total. The Bertz CT molecular complexity index is 415. The highest BCUT2D eigenvalue weighted by molar-refractivity contribution is 5.15. The van der Waals surface area contributed by atoms with Gasteiger partial charge >= 0.3 is 0 Å². The van der Waals surface area contributed by atoms with Gasteiger partial charge in [0.15, 0.2) is 0 Å². The standard InChI is InChI=1S/C12H19N5/c1-9-11(7-14-16-9)4-3-5-13-6-12-8-15-17-10(12)2/h7-8,13H,3-6H2,1-2H3,(H,14,16)(H,15,17). The molecule has 92 valence electrons. The third-order valence-corrected chi connectivity index (χ3v) is 2.98. The molecule has 0 aliphatic heterocycles. The summed E-state index contributed by atoms with van der Waals surface area (Å²) in [6.45, 7) is 5.99. The minimum Gasteiger partial charge on any atom is -0.313 e. The van der Waals surface area contributed by atoms with Crippen LogP contribution in [0.5, 0.6) is 0 Å². The van der Waals surface area contributed by atoms with Crippen molar-refractivity contribution in [1.82, 2.24) is 25.7 Å². The molecule has 0 fully saturated rings. The Kier molecular flexibility index (Phi) is 3.93. The molecule has 0 spiro atoms. The van der Waals surface area contributed by atoms with Crippen molar-refractivity contribution in [2.75, 3.05) is 6.54 Å². The molecule has 0 radical (unpaired) electrons. The quantitative estimate of drug-likeness (QED) is 0.662. The van der Waals surface area contributed by atoms with Crippen LogP contribution >= 0.6 is 0 Å². The second-order valence-corrected chi connectivity index (χ2v) is 4.32. The highest BCUT2D eigenvalue weighted by Gasteiger charge is 2.01. The normalized spacial score (nSPS) is 10.9. The summed E-state index contributed by atoms with van der Waals surface area (Å²) < 4.78 is 0. The lowest BCUT2D eigenvalue weighted by Crippen LogP contribution is -2.15. The second kappa shape index (κ2) is 5.63. The zero-order valence-corrected chi connectivity index (χ0v) is 10.4. The van der Waals surface area contributed by atoms with Gasteiger partial charge in [-0.2, -0.15) is 10.2 Å². The van der Waals surface area contributed by atoms with E-state index in [-0.39, 0.29) is 0 Å². The SMILES string of the molecule is Cc1[nH]ncc1CCCNCc1cn[nH]c1C. The van der Waals surface area contributed by atoms with E-state index in [4.69, 9.17) is 0 Å². The summed E-state index contributed by atoms with van der Waals surface area (Å²) in [5.41, 5.74) is 4.87. The fourth-order valence-electron chi connectivity index (χ4n) is 1.81. The van der Waals surface area contributed by atoms with E-state index >= 15 is 0 Å². The topological polar surface area (TPSA) is 69.4 Å². The largest absolute Gasteiger partial charge is 0.313 e. The van der Waals surface area contributed by atoms with Gasteiger partial charge in [0.05, 0.1) is 12.4 Å². The summed E-state index contributed by atoms with van der Waals surface area (Å²) in [6, 6.07) is 0. The molecule has 2 aromatic rings. The van der Waals surface area contributed by atoms with Crippen molar-refractivity contribution in [2.45, 2.75) is 33.2 Å². The molecule has 0 bridgehead atoms. The molecule has 2 rings (SSSR count). The number of aryl methyl sites for hydroxylation is 3. The van der Waals surface area contributed by atoms with Gasteiger partial charge in [-0.05, 0) is 38.8 Å². The Labute approximate surface area is 101 Å². The number of hydrogen-bond acceptors (Lipinski definition) is 3. The molecule has 2 heterocycles. The van der Waals surface area contributed by atoms with Crippen molar-refractivity contribution in [3.8, 4) is 0 Å². The van der Waals surface area contributed by atoms with Crippen LogP contribution in [0.15, 0.2) is 12.4 Å². The maximum absolute atomic E-state index is 4.02. The van der Waals surface area contributed by atoms with Gasteiger partial charge in [-0.3, -0.25) is 10.2 Å². The molecular weight excluding hydrogens is 214 g/mol. The van der Waals surface area contributed by atoms with Gasteiger partial charge in [0.1, 0.15) is 0 Å².